The van der Waals surface area contributed by atoms with Crippen LogP contribution in [0.1, 0.15) is 18.4 Å². The fourth-order valence-electron chi connectivity index (χ4n) is 2.21. The van der Waals surface area contributed by atoms with Gasteiger partial charge >= 0.3 is 0 Å². The van der Waals surface area contributed by atoms with E-state index in [4.69, 9.17) is 4.84 Å². The maximum absolute atomic E-state index is 11.2. The van der Waals surface area contributed by atoms with Gasteiger partial charge in [0.2, 0.25) is 12.1 Å². The van der Waals surface area contributed by atoms with Crippen molar-refractivity contribution in [2.75, 3.05) is 0 Å². The molecule has 2 unspecified atom stereocenters. The Kier molecular flexibility index (Phi) is 2.13. The largest absolute Gasteiger partial charge is 0.370 e. The number of rotatable bonds is 1. The molecule has 2 aliphatic rings. The number of benzene rings is 1. The molecule has 0 bridgehead atoms. The van der Waals surface area contributed by atoms with E-state index in [0.717, 1.165) is 17.7 Å². The maximum Gasteiger partial charge on any atom is 0.222 e. The van der Waals surface area contributed by atoms with Crippen LogP contribution >= 0.6 is 0 Å². The van der Waals surface area contributed by atoms with Crippen LogP contribution in [0.25, 0.3) is 0 Å². The summed E-state index contributed by atoms with van der Waals surface area (Å²) >= 11 is 0. The summed E-state index contributed by atoms with van der Waals surface area (Å²) in [5.74, 6) is 0.242. The molecule has 1 aromatic rings. The maximum atomic E-state index is 11.2. The molecule has 2 atom stereocenters. The third-order valence-electron chi connectivity index (χ3n) is 3.04. The van der Waals surface area contributed by atoms with Crippen LogP contribution in [-0.2, 0) is 9.63 Å². The minimum atomic E-state index is -0.267. The second kappa shape index (κ2) is 3.63. The van der Waals surface area contributed by atoms with Crippen molar-refractivity contribution >= 4 is 11.6 Å². The summed E-state index contributed by atoms with van der Waals surface area (Å²) in [7, 11) is 0. The van der Waals surface area contributed by atoms with E-state index in [1.807, 2.05) is 30.3 Å². The van der Waals surface area contributed by atoms with E-state index in [-0.39, 0.29) is 18.1 Å². The van der Waals surface area contributed by atoms with Crippen molar-refractivity contribution in [2.45, 2.75) is 19.1 Å². The van der Waals surface area contributed by atoms with E-state index >= 15 is 0 Å². The van der Waals surface area contributed by atoms with Crippen LogP contribution < -0.4 is 5.32 Å². The van der Waals surface area contributed by atoms with Crippen molar-refractivity contribution in [1.82, 2.24) is 5.32 Å². The Morgan fingerprint density at radius 1 is 1.31 bits per heavy atom. The van der Waals surface area contributed by atoms with Crippen LogP contribution in [0.5, 0.6) is 0 Å². The number of hydrogen-bond donors (Lipinski definition) is 1. The van der Waals surface area contributed by atoms with Crippen LogP contribution in [-0.4, -0.2) is 17.8 Å². The lowest BCUT2D eigenvalue weighted by atomic mass is 9.89. The molecular formula is C12H12N2O2. The molecule has 1 aromatic carbocycles. The standard InChI is InChI=1S/C12H12N2O2/c15-10-7-6-9-11(14-16-12(9)13-10)8-4-2-1-3-5-8/h1-5,9,12H,6-7H2,(H,13,15). The highest BCUT2D eigenvalue weighted by Gasteiger charge is 2.39. The van der Waals surface area contributed by atoms with Crippen LogP contribution in [0, 0.1) is 5.92 Å². The highest BCUT2D eigenvalue weighted by atomic mass is 16.7. The summed E-state index contributed by atoms with van der Waals surface area (Å²) in [5, 5.41) is 6.89. The Labute approximate surface area is 93.3 Å². The van der Waals surface area contributed by atoms with Crippen LogP contribution in [0.4, 0.5) is 0 Å². The lowest BCUT2D eigenvalue weighted by molar-refractivity contribution is -0.128. The van der Waals surface area contributed by atoms with Gasteiger partial charge in [0.1, 0.15) is 0 Å². The average Bonchev–Trinajstić information content (AvgIpc) is 2.73. The zero-order valence-corrected chi connectivity index (χ0v) is 8.72. The molecule has 1 saturated heterocycles. The number of nitrogens with one attached hydrogen (secondary N) is 1. The SMILES string of the molecule is O=C1CCC2C(c3ccccc3)=NOC2N1. The van der Waals surface area contributed by atoms with Crippen LogP contribution in [0.2, 0.25) is 0 Å². The zero-order chi connectivity index (χ0) is 11.0. The Morgan fingerprint density at radius 2 is 2.12 bits per heavy atom. The highest BCUT2D eigenvalue weighted by molar-refractivity contribution is 6.03. The number of oxime groups is 1. The Bertz CT molecular complexity index is 442. The number of piperidine rings is 1. The number of amides is 1. The molecule has 82 valence electrons. The van der Waals surface area contributed by atoms with E-state index in [1.54, 1.807) is 0 Å². The average molecular weight is 216 g/mol. The predicted molar refractivity (Wildman–Crippen MR) is 58.7 cm³/mol. The summed E-state index contributed by atoms with van der Waals surface area (Å²) < 4.78 is 0. The first-order valence-electron chi connectivity index (χ1n) is 5.43. The third kappa shape index (κ3) is 1.46. The molecule has 0 saturated carbocycles. The number of carbonyl (C=O) groups is 1. The monoisotopic (exact) mass is 216 g/mol. The topological polar surface area (TPSA) is 50.7 Å². The minimum Gasteiger partial charge on any atom is -0.370 e. The van der Waals surface area contributed by atoms with Gasteiger partial charge in [0.15, 0.2) is 0 Å². The Morgan fingerprint density at radius 3 is 2.94 bits per heavy atom. The van der Waals surface area contributed by atoms with Crippen molar-refractivity contribution in [3.05, 3.63) is 35.9 Å². The molecule has 0 aromatic heterocycles. The van der Waals surface area contributed by atoms with Gasteiger partial charge in [0, 0.05) is 6.42 Å². The first-order chi connectivity index (χ1) is 7.84. The molecule has 4 nitrogen and oxygen atoms in total. The fourth-order valence-corrected chi connectivity index (χ4v) is 2.21. The Hall–Kier alpha value is -1.84. The lowest BCUT2D eigenvalue weighted by Gasteiger charge is -2.24. The van der Waals surface area contributed by atoms with Crippen molar-refractivity contribution in [3.8, 4) is 0 Å². The van der Waals surface area contributed by atoms with E-state index in [0.29, 0.717) is 6.42 Å². The molecule has 1 N–H and O–H groups in total. The quantitative estimate of drug-likeness (QED) is 0.768. The van der Waals surface area contributed by atoms with Gasteiger partial charge in [-0.25, -0.2) is 0 Å². The van der Waals surface area contributed by atoms with Crippen molar-refractivity contribution in [3.63, 3.8) is 0 Å². The van der Waals surface area contributed by atoms with Crippen molar-refractivity contribution < 1.29 is 9.63 Å². The fraction of sp³-hybridized carbons (Fsp3) is 0.333. The molecule has 3 rings (SSSR count). The van der Waals surface area contributed by atoms with Crippen LogP contribution in [0.15, 0.2) is 35.5 Å². The molecule has 0 aliphatic carbocycles. The van der Waals surface area contributed by atoms with Crippen LogP contribution in [0.3, 0.4) is 0 Å². The number of fused-ring (bicyclic) bond motifs is 1. The minimum absolute atomic E-state index is 0.0470. The van der Waals surface area contributed by atoms with Gasteiger partial charge in [0.25, 0.3) is 0 Å². The normalized spacial score (nSPS) is 27.8. The molecule has 0 radical (unpaired) electrons. The molecule has 2 aliphatic heterocycles. The van der Waals surface area contributed by atoms with Crippen molar-refractivity contribution in [1.29, 1.82) is 0 Å². The lowest BCUT2D eigenvalue weighted by Crippen LogP contribution is -2.45. The van der Waals surface area contributed by atoms with Gasteiger partial charge in [0.05, 0.1) is 11.6 Å². The summed E-state index contributed by atoms with van der Waals surface area (Å²) in [5.41, 5.74) is 2.02. The summed E-state index contributed by atoms with van der Waals surface area (Å²) in [6.07, 6.45) is 1.09. The summed E-state index contributed by atoms with van der Waals surface area (Å²) in [4.78, 5) is 16.5. The van der Waals surface area contributed by atoms with E-state index in [2.05, 4.69) is 10.5 Å². The zero-order valence-electron chi connectivity index (χ0n) is 8.72. The van der Waals surface area contributed by atoms with Gasteiger partial charge in [-0.05, 0) is 12.0 Å². The van der Waals surface area contributed by atoms with E-state index < -0.39 is 0 Å². The summed E-state index contributed by atoms with van der Waals surface area (Å²) in [6.45, 7) is 0. The number of carbonyl (C=O) groups excluding carboxylic acids is 1. The van der Waals surface area contributed by atoms with Gasteiger partial charge < -0.3 is 10.2 Å². The second-order valence-corrected chi connectivity index (χ2v) is 4.08. The van der Waals surface area contributed by atoms with Gasteiger partial charge in [-0.3, -0.25) is 4.79 Å². The van der Waals surface area contributed by atoms with E-state index in [9.17, 15) is 4.79 Å². The van der Waals surface area contributed by atoms with Gasteiger partial charge in [-0.1, -0.05) is 35.5 Å². The smallest absolute Gasteiger partial charge is 0.222 e. The summed E-state index contributed by atoms with van der Waals surface area (Å²) in [6, 6.07) is 9.96. The number of hydrogen-bond acceptors (Lipinski definition) is 3. The molecule has 16 heavy (non-hydrogen) atoms. The molecular weight excluding hydrogens is 204 g/mol. The highest BCUT2D eigenvalue weighted by Crippen LogP contribution is 2.28. The van der Waals surface area contributed by atoms with E-state index in [1.165, 1.54) is 0 Å². The third-order valence-corrected chi connectivity index (χ3v) is 3.04. The van der Waals surface area contributed by atoms with Gasteiger partial charge in [-0.15, -0.1) is 0 Å². The second-order valence-electron chi connectivity index (χ2n) is 4.08. The first kappa shape index (κ1) is 9.39. The van der Waals surface area contributed by atoms with Crippen molar-refractivity contribution in [2.24, 2.45) is 11.1 Å². The molecule has 1 amide bonds. The predicted octanol–water partition coefficient (Wildman–Crippen LogP) is 1.27. The number of nitrogens with zero attached hydrogens (tertiary/aromatic N) is 1. The Balaban J connectivity index is 1.86. The van der Waals surface area contributed by atoms with Gasteiger partial charge in [-0.2, -0.15) is 0 Å². The molecule has 2 heterocycles. The molecule has 4 heteroatoms. The first-order valence-corrected chi connectivity index (χ1v) is 5.43. The molecule has 1 fully saturated rings. The molecule has 0 spiro atoms.